The molecule has 1 aliphatic heterocycles. The molecule has 3 rings (SSSR count). The Bertz CT molecular complexity index is 912. The van der Waals surface area contributed by atoms with Crippen molar-refractivity contribution in [1.29, 1.82) is 0 Å². The highest BCUT2D eigenvalue weighted by molar-refractivity contribution is 6.04. The van der Waals surface area contributed by atoms with Gasteiger partial charge in [0.1, 0.15) is 11.4 Å². The first kappa shape index (κ1) is 18.4. The Morgan fingerprint density at radius 3 is 2.74 bits per heavy atom. The van der Waals surface area contributed by atoms with Crippen molar-refractivity contribution in [1.82, 2.24) is 0 Å². The van der Waals surface area contributed by atoms with Crippen molar-refractivity contribution in [2.45, 2.75) is 13.3 Å². The molecule has 2 aromatic rings. The summed E-state index contributed by atoms with van der Waals surface area (Å²) in [6.07, 6.45) is 0.0313. The summed E-state index contributed by atoms with van der Waals surface area (Å²) in [4.78, 5) is 37.1. The van der Waals surface area contributed by atoms with E-state index in [1.165, 1.54) is 30.2 Å². The predicted molar refractivity (Wildman–Crippen MR) is 99.9 cm³/mol. The van der Waals surface area contributed by atoms with E-state index in [4.69, 9.17) is 4.74 Å². The second-order valence-electron chi connectivity index (χ2n) is 6.34. The first-order valence-corrected chi connectivity index (χ1v) is 8.40. The van der Waals surface area contributed by atoms with Crippen LogP contribution in [-0.4, -0.2) is 30.4 Å². The summed E-state index contributed by atoms with van der Waals surface area (Å²) >= 11 is 0. The molecular weight excluding hydrogens is 350 g/mol. The van der Waals surface area contributed by atoms with E-state index in [0.717, 1.165) is 5.56 Å². The van der Waals surface area contributed by atoms with Crippen LogP contribution in [0.25, 0.3) is 0 Å². The summed E-state index contributed by atoms with van der Waals surface area (Å²) in [5.74, 6) is -0.676. The van der Waals surface area contributed by atoms with Crippen LogP contribution in [0, 0.1) is 23.0 Å². The van der Waals surface area contributed by atoms with E-state index in [1.807, 2.05) is 19.1 Å². The Balaban J connectivity index is 1.79. The van der Waals surface area contributed by atoms with Gasteiger partial charge >= 0.3 is 0 Å². The van der Waals surface area contributed by atoms with Crippen molar-refractivity contribution in [2.75, 3.05) is 23.9 Å². The maximum absolute atomic E-state index is 12.6. The minimum atomic E-state index is -0.609. The molecule has 1 atom stereocenters. The molecule has 0 aromatic heterocycles. The fraction of sp³-hybridized carbons (Fsp3) is 0.263. The molecule has 1 N–H and O–H groups in total. The first-order chi connectivity index (χ1) is 12.9. The van der Waals surface area contributed by atoms with Gasteiger partial charge in [0.15, 0.2) is 0 Å². The third-order valence-electron chi connectivity index (χ3n) is 4.48. The van der Waals surface area contributed by atoms with Crippen LogP contribution in [-0.2, 0) is 9.59 Å². The number of methoxy groups -OCH3 is 1. The van der Waals surface area contributed by atoms with Crippen molar-refractivity contribution in [3.63, 3.8) is 0 Å². The number of rotatable bonds is 5. The lowest BCUT2D eigenvalue weighted by Gasteiger charge is -2.20. The Morgan fingerprint density at radius 2 is 2.04 bits per heavy atom. The summed E-state index contributed by atoms with van der Waals surface area (Å²) in [7, 11) is 1.52. The largest absolute Gasteiger partial charge is 0.495 e. The van der Waals surface area contributed by atoms with Gasteiger partial charge in [0.25, 0.3) is 5.69 Å². The van der Waals surface area contributed by atoms with Gasteiger partial charge in [-0.1, -0.05) is 18.2 Å². The van der Waals surface area contributed by atoms with Gasteiger partial charge in [-0.25, -0.2) is 0 Å². The van der Waals surface area contributed by atoms with Crippen LogP contribution in [0.15, 0.2) is 42.5 Å². The van der Waals surface area contributed by atoms with Gasteiger partial charge < -0.3 is 15.0 Å². The number of nitro groups is 1. The Kier molecular flexibility index (Phi) is 5.07. The molecular formula is C19H19N3O5. The van der Waals surface area contributed by atoms with Crippen molar-refractivity contribution < 1.29 is 19.2 Å². The fourth-order valence-electron chi connectivity index (χ4n) is 3.10. The molecule has 0 radical (unpaired) electrons. The molecule has 1 heterocycles. The van der Waals surface area contributed by atoms with Crippen LogP contribution in [0.3, 0.4) is 0 Å². The number of para-hydroxylation sites is 2. The number of aryl methyl sites for hydroxylation is 1. The predicted octanol–water partition coefficient (Wildman–Crippen LogP) is 2.90. The highest BCUT2D eigenvalue weighted by atomic mass is 16.6. The Hall–Kier alpha value is -3.42. The minimum Gasteiger partial charge on any atom is -0.495 e. The van der Waals surface area contributed by atoms with E-state index in [-0.39, 0.29) is 30.2 Å². The molecule has 1 fully saturated rings. The number of hydrogen-bond acceptors (Lipinski definition) is 5. The lowest BCUT2D eigenvalue weighted by atomic mass is 10.1. The minimum absolute atomic E-state index is 0.0313. The third kappa shape index (κ3) is 3.74. The highest BCUT2D eigenvalue weighted by Gasteiger charge is 2.36. The van der Waals surface area contributed by atoms with E-state index in [9.17, 15) is 19.7 Å². The smallest absolute Gasteiger partial charge is 0.292 e. The topological polar surface area (TPSA) is 102 Å². The van der Waals surface area contributed by atoms with E-state index in [0.29, 0.717) is 11.4 Å². The number of ether oxygens (including phenoxy) is 1. The SMILES string of the molecule is COc1ccc(C)cc1N1CC(C(=O)Nc2ccccc2[N+](=O)[O-])CC1=O. The van der Waals surface area contributed by atoms with Crippen molar-refractivity contribution in [3.8, 4) is 5.75 Å². The molecule has 8 nitrogen and oxygen atoms in total. The van der Waals surface area contributed by atoms with E-state index >= 15 is 0 Å². The van der Waals surface area contributed by atoms with Crippen LogP contribution in [0.5, 0.6) is 5.75 Å². The lowest BCUT2D eigenvalue weighted by Crippen LogP contribution is -2.28. The maximum Gasteiger partial charge on any atom is 0.292 e. The second-order valence-corrected chi connectivity index (χ2v) is 6.34. The monoisotopic (exact) mass is 369 g/mol. The maximum atomic E-state index is 12.6. The Labute approximate surface area is 155 Å². The number of nitro benzene ring substituents is 1. The van der Waals surface area contributed by atoms with Gasteiger partial charge in [-0.3, -0.25) is 19.7 Å². The summed E-state index contributed by atoms with van der Waals surface area (Å²) in [5.41, 5.74) is 1.51. The quantitative estimate of drug-likeness (QED) is 0.645. The molecule has 140 valence electrons. The number of carbonyl (C=O) groups excluding carboxylic acids is 2. The van der Waals surface area contributed by atoms with Gasteiger partial charge in [-0.05, 0) is 30.7 Å². The molecule has 0 saturated carbocycles. The van der Waals surface area contributed by atoms with E-state index in [2.05, 4.69) is 5.32 Å². The van der Waals surface area contributed by atoms with Gasteiger partial charge in [0.05, 0.1) is 23.6 Å². The highest BCUT2D eigenvalue weighted by Crippen LogP contribution is 2.34. The normalized spacial score (nSPS) is 16.3. The van der Waals surface area contributed by atoms with Crippen LogP contribution in [0.2, 0.25) is 0 Å². The first-order valence-electron chi connectivity index (χ1n) is 8.40. The van der Waals surface area contributed by atoms with Gasteiger partial charge in [-0.15, -0.1) is 0 Å². The number of hydrogen-bond donors (Lipinski definition) is 1. The third-order valence-corrected chi connectivity index (χ3v) is 4.48. The molecule has 1 saturated heterocycles. The summed E-state index contributed by atoms with van der Waals surface area (Å²) < 4.78 is 5.33. The molecule has 27 heavy (non-hydrogen) atoms. The number of carbonyl (C=O) groups is 2. The fourth-order valence-corrected chi connectivity index (χ4v) is 3.10. The molecule has 2 amide bonds. The van der Waals surface area contributed by atoms with Gasteiger partial charge in [0.2, 0.25) is 11.8 Å². The zero-order valence-corrected chi connectivity index (χ0v) is 15.0. The van der Waals surface area contributed by atoms with Crippen molar-refractivity contribution in [2.24, 2.45) is 5.92 Å². The standard InChI is InChI=1S/C19H19N3O5/c1-12-7-8-17(27-2)16(9-12)21-11-13(10-18(21)23)19(24)20-14-5-3-4-6-15(14)22(25)26/h3-9,13H,10-11H2,1-2H3,(H,20,24). The van der Waals surface area contributed by atoms with Crippen LogP contribution < -0.4 is 15.0 Å². The van der Waals surface area contributed by atoms with Crippen LogP contribution in [0.1, 0.15) is 12.0 Å². The Morgan fingerprint density at radius 1 is 1.30 bits per heavy atom. The van der Waals surface area contributed by atoms with Crippen LogP contribution >= 0.6 is 0 Å². The molecule has 0 aliphatic carbocycles. The number of benzene rings is 2. The summed E-state index contributed by atoms with van der Waals surface area (Å²) in [6.45, 7) is 2.09. The molecule has 8 heteroatoms. The molecule has 1 aliphatic rings. The number of amides is 2. The van der Waals surface area contributed by atoms with Crippen molar-refractivity contribution in [3.05, 3.63) is 58.1 Å². The number of anilines is 2. The average Bonchev–Trinajstić information content (AvgIpc) is 3.03. The zero-order valence-electron chi connectivity index (χ0n) is 15.0. The van der Waals surface area contributed by atoms with Gasteiger partial charge in [-0.2, -0.15) is 0 Å². The summed E-state index contributed by atoms with van der Waals surface area (Å²) in [5, 5.41) is 13.7. The van der Waals surface area contributed by atoms with Gasteiger partial charge in [0, 0.05) is 19.0 Å². The number of nitrogens with zero attached hydrogens (tertiary/aromatic N) is 2. The summed E-state index contributed by atoms with van der Waals surface area (Å²) in [6, 6.07) is 11.4. The lowest BCUT2D eigenvalue weighted by molar-refractivity contribution is -0.383. The number of nitrogens with one attached hydrogen (secondary N) is 1. The molecule has 2 aromatic carbocycles. The molecule has 0 bridgehead atoms. The molecule has 0 spiro atoms. The second kappa shape index (κ2) is 7.45. The van der Waals surface area contributed by atoms with Crippen molar-refractivity contribution >= 4 is 28.9 Å². The average molecular weight is 369 g/mol. The van der Waals surface area contributed by atoms with Crippen LogP contribution in [0.4, 0.5) is 17.1 Å². The van der Waals surface area contributed by atoms with E-state index in [1.54, 1.807) is 12.1 Å². The molecule has 1 unspecified atom stereocenters. The zero-order chi connectivity index (χ0) is 19.6. The van der Waals surface area contributed by atoms with E-state index < -0.39 is 16.7 Å².